The third kappa shape index (κ3) is 1.77. The van der Waals surface area contributed by atoms with E-state index in [0.29, 0.717) is 23.2 Å². The molecular weight excluding hydrogens is 207 g/mol. The minimum absolute atomic E-state index is 0.255. The van der Waals surface area contributed by atoms with Crippen LogP contribution in [0.15, 0.2) is 36.5 Å². The van der Waals surface area contributed by atoms with Crippen LogP contribution in [0.4, 0.5) is 10.2 Å². The number of aromatic nitrogens is 1. The fraction of sp³-hybridized carbons (Fsp3) is 0. The summed E-state index contributed by atoms with van der Waals surface area (Å²) in [4.78, 5) is 14.7. The topological polar surface area (TPSA) is 56.0 Å². The van der Waals surface area contributed by atoms with Crippen LogP contribution < -0.4 is 5.73 Å². The van der Waals surface area contributed by atoms with Gasteiger partial charge in [0.25, 0.3) is 0 Å². The molecule has 2 rings (SSSR count). The molecule has 80 valence electrons. The molecule has 2 aromatic rings. The number of anilines is 1. The van der Waals surface area contributed by atoms with Crippen molar-refractivity contribution in [2.45, 2.75) is 0 Å². The van der Waals surface area contributed by atoms with Gasteiger partial charge in [-0.3, -0.25) is 4.79 Å². The van der Waals surface area contributed by atoms with Crippen molar-refractivity contribution in [3.8, 4) is 11.1 Å². The number of hydrogen-bond acceptors (Lipinski definition) is 3. The van der Waals surface area contributed by atoms with E-state index in [0.717, 1.165) is 0 Å². The van der Waals surface area contributed by atoms with Crippen LogP contribution in [0.3, 0.4) is 0 Å². The molecule has 2 N–H and O–H groups in total. The van der Waals surface area contributed by atoms with E-state index in [4.69, 9.17) is 5.73 Å². The molecule has 0 atom stereocenters. The predicted molar refractivity (Wildman–Crippen MR) is 59.4 cm³/mol. The van der Waals surface area contributed by atoms with Crippen molar-refractivity contribution in [3.63, 3.8) is 0 Å². The van der Waals surface area contributed by atoms with Crippen molar-refractivity contribution in [2.24, 2.45) is 0 Å². The number of carbonyl (C=O) groups is 1. The molecule has 4 heteroatoms. The molecule has 0 spiro atoms. The lowest BCUT2D eigenvalue weighted by atomic mass is 10.0. The Kier molecular flexibility index (Phi) is 2.64. The van der Waals surface area contributed by atoms with Gasteiger partial charge in [-0.25, -0.2) is 9.37 Å². The Bertz CT molecular complexity index is 523. The standard InChI is InChI=1S/C12H9FN2O/c13-10-3-1-2-9(7-16)12(10)8-4-5-11(14)15-6-8/h1-7H,(H2,14,15). The number of nitrogens with zero attached hydrogens (tertiary/aromatic N) is 1. The maximum Gasteiger partial charge on any atom is 0.150 e. The number of aldehydes is 1. The minimum atomic E-state index is -0.448. The number of carbonyl (C=O) groups excluding carboxylic acids is 1. The van der Waals surface area contributed by atoms with Crippen LogP contribution in [-0.4, -0.2) is 11.3 Å². The van der Waals surface area contributed by atoms with Crippen LogP contribution in [0.1, 0.15) is 10.4 Å². The largest absolute Gasteiger partial charge is 0.384 e. The van der Waals surface area contributed by atoms with Crippen LogP contribution in [-0.2, 0) is 0 Å². The lowest BCUT2D eigenvalue weighted by molar-refractivity contribution is 0.112. The van der Waals surface area contributed by atoms with Gasteiger partial charge >= 0.3 is 0 Å². The predicted octanol–water partition coefficient (Wildman–Crippen LogP) is 2.28. The highest BCUT2D eigenvalue weighted by atomic mass is 19.1. The summed E-state index contributed by atoms with van der Waals surface area (Å²) in [5, 5.41) is 0. The van der Waals surface area contributed by atoms with Gasteiger partial charge in [0.05, 0.1) is 0 Å². The average Bonchev–Trinajstić information content (AvgIpc) is 2.30. The summed E-state index contributed by atoms with van der Waals surface area (Å²) < 4.78 is 13.6. The molecular formula is C12H9FN2O. The third-order valence-electron chi connectivity index (χ3n) is 2.25. The number of halogens is 1. The number of pyridine rings is 1. The van der Waals surface area contributed by atoms with E-state index in [9.17, 15) is 9.18 Å². The van der Waals surface area contributed by atoms with Gasteiger partial charge in [0, 0.05) is 22.9 Å². The van der Waals surface area contributed by atoms with Gasteiger partial charge in [0.15, 0.2) is 6.29 Å². The summed E-state index contributed by atoms with van der Waals surface area (Å²) >= 11 is 0. The lowest BCUT2D eigenvalue weighted by Gasteiger charge is -2.06. The number of hydrogen-bond donors (Lipinski definition) is 1. The molecule has 1 aromatic carbocycles. The maximum absolute atomic E-state index is 13.6. The number of benzene rings is 1. The van der Waals surface area contributed by atoms with E-state index >= 15 is 0 Å². The van der Waals surface area contributed by atoms with Gasteiger partial charge in [0.1, 0.15) is 11.6 Å². The van der Waals surface area contributed by atoms with E-state index in [1.165, 1.54) is 18.3 Å². The Labute approximate surface area is 91.7 Å². The van der Waals surface area contributed by atoms with Gasteiger partial charge < -0.3 is 5.73 Å². The van der Waals surface area contributed by atoms with Gasteiger partial charge in [0.2, 0.25) is 0 Å². The third-order valence-corrected chi connectivity index (χ3v) is 2.25. The summed E-state index contributed by atoms with van der Waals surface area (Å²) in [6.45, 7) is 0. The molecule has 1 heterocycles. The van der Waals surface area contributed by atoms with E-state index in [1.807, 2.05) is 0 Å². The SMILES string of the molecule is Nc1ccc(-c2c(F)cccc2C=O)cn1. The number of nitrogen functional groups attached to an aromatic ring is 1. The van der Waals surface area contributed by atoms with Crippen molar-refractivity contribution in [1.29, 1.82) is 0 Å². The minimum Gasteiger partial charge on any atom is -0.384 e. The summed E-state index contributed by atoms with van der Waals surface area (Å²) in [6, 6.07) is 7.55. The van der Waals surface area contributed by atoms with E-state index in [-0.39, 0.29) is 5.56 Å². The van der Waals surface area contributed by atoms with Crippen LogP contribution in [0.25, 0.3) is 11.1 Å². The highest BCUT2D eigenvalue weighted by Gasteiger charge is 2.10. The Balaban J connectivity index is 2.63. The van der Waals surface area contributed by atoms with E-state index in [1.54, 1.807) is 18.2 Å². The van der Waals surface area contributed by atoms with Crippen molar-refractivity contribution in [1.82, 2.24) is 4.98 Å². The number of rotatable bonds is 2. The summed E-state index contributed by atoms with van der Waals surface area (Å²) in [5.41, 5.74) is 6.53. The Morgan fingerprint density at radius 1 is 1.25 bits per heavy atom. The summed E-state index contributed by atoms with van der Waals surface area (Å²) in [6.07, 6.45) is 2.06. The molecule has 0 fully saturated rings. The first-order chi connectivity index (χ1) is 7.72. The molecule has 0 saturated carbocycles. The van der Waals surface area contributed by atoms with Gasteiger partial charge in [-0.2, -0.15) is 0 Å². The van der Waals surface area contributed by atoms with Gasteiger partial charge in [-0.15, -0.1) is 0 Å². The first kappa shape index (κ1) is 10.3. The first-order valence-electron chi connectivity index (χ1n) is 4.68. The molecule has 0 aliphatic rings. The monoisotopic (exact) mass is 216 g/mol. The fourth-order valence-corrected chi connectivity index (χ4v) is 1.50. The van der Waals surface area contributed by atoms with Crippen LogP contribution in [0.2, 0.25) is 0 Å². The second-order valence-electron chi connectivity index (χ2n) is 3.29. The normalized spacial score (nSPS) is 10.1. The van der Waals surface area contributed by atoms with Crippen molar-refractivity contribution >= 4 is 12.1 Å². The van der Waals surface area contributed by atoms with Gasteiger partial charge in [-0.1, -0.05) is 12.1 Å². The Morgan fingerprint density at radius 3 is 2.69 bits per heavy atom. The Hall–Kier alpha value is -2.23. The average molecular weight is 216 g/mol. The summed E-state index contributed by atoms with van der Waals surface area (Å²) in [5.74, 6) is -0.0936. The number of nitrogens with two attached hydrogens (primary N) is 1. The molecule has 0 saturated heterocycles. The maximum atomic E-state index is 13.6. The van der Waals surface area contributed by atoms with Crippen molar-refractivity contribution in [3.05, 3.63) is 47.9 Å². The van der Waals surface area contributed by atoms with Crippen LogP contribution in [0.5, 0.6) is 0 Å². The second kappa shape index (κ2) is 4.10. The van der Waals surface area contributed by atoms with Gasteiger partial charge in [-0.05, 0) is 18.2 Å². The zero-order valence-corrected chi connectivity index (χ0v) is 8.35. The van der Waals surface area contributed by atoms with Crippen molar-refractivity contribution < 1.29 is 9.18 Å². The zero-order chi connectivity index (χ0) is 11.5. The smallest absolute Gasteiger partial charge is 0.150 e. The molecule has 0 bridgehead atoms. The second-order valence-corrected chi connectivity index (χ2v) is 3.29. The summed E-state index contributed by atoms with van der Waals surface area (Å²) in [7, 11) is 0. The zero-order valence-electron chi connectivity index (χ0n) is 8.35. The molecule has 16 heavy (non-hydrogen) atoms. The molecule has 0 radical (unpaired) electrons. The molecule has 0 amide bonds. The first-order valence-corrected chi connectivity index (χ1v) is 4.68. The highest BCUT2D eigenvalue weighted by molar-refractivity contribution is 5.87. The van der Waals surface area contributed by atoms with E-state index < -0.39 is 5.82 Å². The van der Waals surface area contributed by atoms with Crippen LogP contribution >= 0.6 is 0 Å². The molecule has 3 nitrogen and oxygen atoms in total. The molecule has 0 unspecified atom stereocenters. The van der Waals surface area contributed by atoms with Crippen molar-refractivity contribution in [2.75, 3.05) is 5.73 Å². The van der Waals surface area contributed by atoms with Crippen LogP contribution in [0, 0.1) is 5.82 Å². The molecule has 0 aliphatic carbocycles. The van der Waals surface area contributed by atoms with E-state index in [2.05, 4.69) is 4.98 Å². The fourth-order valence-electron chi connectivity index (χ4n) is 1.50. The molecule has 1 aromatic heterocycles. The quantitative estimate of drug-likeness (QED) is 0.783. The highest BCUT2D eigenvalue weighted by Crippen LogP contribution is 2.25. The lowest BCUT2D eigenvalue weighted by Crippen LogP contribution is -1.94. The Morgan fingerprint density at radius 2 is 2.06 bits per heavy atom. The molecule has 0 aliphatic heterocycles.